The summed E-state index contributed by atoms with van der Waals surface area (Å²) in [4.78, 5) is 21.6. The Hall–Kier alpha value is -4.83. The first-order chi connectivity index (χ1) is 19.9. The third-order valence-electron chi connectivity index (χ3n) is 7.41. The molecule has 1 amide bonds. The predicted octanol–water partition coefficient (Wildman–Crippen LogP) is 8.45. The number of hydrogen-bond donors (Lipinski definition) is 1. The summed E-state index contributed by atoms with van der Waals surface area (Å²) in [6.45, 7) is 12.9. The number of amides is 1. The van der Waals surface area contributed by atoms with Gasteiger partial charge in [-0.3, -0.25) is 9.78 Å². The Morgan fingerprint density at radius 3 is 2.57 bits per heavy atom. The molecule has 0 saturated heterocycles. The number of allylic oxidation sites excluding steroid dienone is 4. The molecule has 0 fully saturated rings. The highest BCUT2D eigenvalue weighted by Crippen LogP contribution is 2.35. The number of aromatic nitrogens is 2. The molecule has 0 bridgehead atoms. The zero-order chi connectivity index (χ0) is 30.7. The van der Waals surface area contributed by atoms with Crippen LogP contribution in [-0.2, 0) is 16.1 Å². The minimum Gasteiger partial charge on any atom is -0.357 e. The molecule has 1 N–H and O–H groups in total. The van der Waals surface area contributed by atoms with Gasteiger partial charge >= 0.3 is 0 Å². The molecular weight excluding hydrogens is 530 g/mol. The van der Waals surface area contributed by atoms with Gasteiger partial charge in [-0.15, -0.1) is 6.58 Å². The fraction of sp³-hybridized carbons (Fsp3) is 0.229. The summed E-state index contributed by atoms with van der Waals surface area (Å²) < 4.78 is 29.0. The Balaban J connectivity index is 0.00000506. The lowest BCUT2D eigenvalue weighted by Crippen LogP contribution is -2.26. The molecule has 3 heterocycles. The van der Waals surface area contributed by atoms with E-state index in [2.05, 4.69) is 29.2 Å². The Morgan fingerprint density at radius 1 is 1.21 bits per heavy atom. The number of alkyl halides is 2. The Kier molecular flexibility index (Phi) is 8.58. The zero-order valence-electron chi connectivity index (χ0n) is 24.3. The van der Waals surface area contributed by atoms with Crippen molar-refractivity contribution in [1.29, 1.82) is 5.26 Å². The molecule has 1 aromatic carbocycles. The maximum Gasteiger partial charge on any atom is 0.290 e. The van der Waals surface area contributed by atoms with Crippen LogP contribution in [0.4, 0.5) is 8.78 Å². The van der Waals surface area contributed by atoms with Gasteiger partial charge in [-0.2, -0.15) is 14.0 Å². The van der Waals surface area contributed by atoms with Crippen molar-refractivity contribution in [1.82, 2.24) is 14.9 Å². The third-order valence-corrected chi connectivity index (χ3v) is 7.41. The highest BCUT2D eigenvalue weighted by molar-refractivity contribution is 5.96. The molecular formula is C35H36F2N4O. The molecule has 0 atom stereocenters. The van der Waals surface area contributed by atoms with Crippen LogP contribution in [0.25, 0.3) is 23.3 Å². The van der Waals surface area contributed by atoms with Crippen LogP contribution < -0.4 is 0 Å². The fourth-order valence-electron chi connectivity index (χ4n) is 4.75. The number of hydrogen-bond acceptors (Lipinski definition) is 3. The van der Waals surface area contributed by atoms with E-state index in [0.717, 1.165) is 33.4 Å². The molecule has 0 radical (unpaired) electrons. The normalized spacial score (nSPS) is 15.4. The number of carbonyl (C=O) groups excluding carboxylic acids is 1. The summed E-state index contributed by atoms with van der Waals surface area (Å²) in [5, 5.41) is 9.46. The summed E-state index contributed by atoms with van der Waals surface area (Å²) in [5.74, 6) is -3.08. The number of pyridine rings is 1. The SMILES string of the molecule is C=CCC(F)(F)c1cc(/C=C(\C=C)c2ccnc(C3=CN(C)C(=O)C/C3=C/c3ccc(C(C)(C)C#N)cc3)c2)c(C)[nH]1.[HH]. The van der Waals surface area contributed by atoms with Gasteiger partial charge in [0.15, 0.2) is 0 Å². The van der Waals surface area contributed by atoms with E-state index < -0.39 is 17.8 Å². The third kappa shape index (κ3) is 6.39. The van der Waals surface area contributed by atoms with Gasteiger partial charge in [0.1, 0.15) is 0 Å². The molecule has 3 aromatic rings. The number of nitrogens with zero attached hydrogens (tertiary/aromatic N) is 3. The summed E-state index contributed by atoms with van der Waals surface area (Å²) in [5.41, 5.74) is 6.12. The van der Waals surface area contributed by atoms with E-state index in [1.165, 1.54) is 12.1 Å². The molecule has 2 aromatic heterocycles. The number of carbonyl (C=O) groups is 1. The monoisotopic (exact) mass is 566 g/mol. The maximum absolute atomic E-state index is 14.5. The number of aryl methyl sites for hydroxylation is 1. The van der Waals surface area contributed by atoms with Crippen molar-refractivity contribution in [3.63, 3.8) is 0 Å². The molecule has 1 aliphatic rings. The maximum atomic E-state index is 14.5. The van der Waals surface area contributed by atoms with Crippen LogP contribution in [0.1, 0.15) is 67.5 Å². The van der Waals surface area contributed by atoms with Crippen LogP contribution in [0.5, 0.6) is 0 Å². The number of rotatable bonds is 9. The summed E-state index contributed by atoms with van der Waals surface area (Å²) in [6, 6.07) is 15.3. The Labute approximate surface area is 247 Å². The summed E-state index contributed by atoms with van der Waals surface area (Å²) >= 11 is 0. The number of nitriles is 1. The first kappa shape index (κ1) is 30.1. The van der Waals surface area contributed by atoms with Gasteiger partial charge in [0.05, 0.1) is 29.3 Å². The molecule has 4 rings (SSSR count). The van der Waals surface area contributed by atoms with Gasteiger partial charge in [-0.05, 0) is 78.4 Å². The smallest absolute Gasteiger partial charge is 0.290 e. The molecule has 0 aliphatic carbocycles. The van der Waals surface area contributed by atoms with Crippen molar-refractivity contribution < 1.29 is 15.0 Å². The van der Waals surface area contributed by atoms with Crippen LogP contribution in [0, 0.1) is 18.3 Å². The minimum atomic E-state index is -3.04. The number of benzene rings is 1. The van der Waals surface area contributed by atoms with E-state index >= 15 is 0 Å². The van der Waals surface area contributed by atoms with Gasteiger partial charge in [0, 0.05) is 38.6 Å². The molecule has 0 spiro atoms. The number of nitrogens with one attached hydrogen (secondary N) is 1. The Morgan fingerprint density at radius 2 is 1.93 bits per heavy atom. The van der Waals surface area contributed by atoms with Crippen LogP contribution in [0.2, 0.25) is 0 Å². The zero-order valence-corrected chi connectivity index (χ0v) is 24.3. The second-order valence-corrected chi connectivity index (χ2v) is 10.9. The second kappa shape index (κ2) is 12.0. The summed E-state index contributed by atoms with van der Waals surface area (Å²) in [6.07, 6.45) is 9.87. The Bertz CT molecular complexity index is 1670. The van der Waals surface area contributed by atoms with Crippen molar-refractivity contribution in [2.75, 3.05) is 7.05 Å². The average molecular weight is 567 g/mol. The number of H-pyrrole nitrogens is 1. The second-order valence-electron chi connectivity index (χ2n) is 10.9. The lowest BCUT2D eigenvalue weighted by Gasteiger charge is -2.24. The van der Waals surface area contributed by atoms with Crippen LogP contribution >= 0.6 is 0 Å². The average Bonchev–Trinajstić information content (AvgIpc) is 3.34. The van der Waals surface area contributed by atoms with Gasteiger partial charge in [0.2, 0.25) is 5.91 Å². The van der Waals surface area contributed by atoms with Gasteiger partial charge in [-0.1, -0.05) is 49.1 Å². The molecule has 0 saturated carbocycles. The minimum absolute atomic E-state index is 0. The molecule has 0 unspecified atom stereocenters. The largest absolute Gasteiger partial charge is 0.357 e. The van der Waals surface area contributed by atoms with E-state index in [-0.39, 0.29) is 19.4 Å². The standard InChI is InChI=1S/C35H34F2N4O.H2/c1-7-14-35(36,37)32-19-27(23(3)40-32)17-25(8-2)26-13-15-39-31(18-26)30-21-41(6)33(42)20-28(30)16-24-9-11-29(12-10-24)34(4,5)22-38;/h7-13,15-19,21,40H,1-2,14,20H2,3-6H3;1H/b25-17+,28-16-;. The predicted molar refractivity (Wildman–Crippen MR) is 167 cm³/mol. The first-order valence-electron chi connectivity index (χ1n) is 13.6. The van der Waals surface area contributed by atoms with Gasteiger partial charge < -0.3 is 9.88 Å². The van der Waals surface area contributed by atoms with E-state index in [0.29, 0.717) is 17.0 Å². The van der Waals surface area contributed by atoms with Crippen molar-refractivity contribution in [2.24, 2.45) is 0 Å². The van der Waals surface area contributed by atoms with Gasteiger partial charge in [0.25, 0.3) is 5.92 Å². The summed E-state index contributed by atoms with van der Waals surface area (Å²) in [7, 11) is 1.71. The lowest BCUT2D eigenvalue weighted by atomic mass is 9.85. The molecule has 216 valence electrons. The van der Waals surface area contributed by atoms with Crippen LogP contribution in [0.3, 0.4) is 0 Å². The van der Waals surface area contributed by atoms with Crippen molar-refractivity contribution >= 4 is 29.2 Å². The van der Waals surface area contributed by atoms with Gasteiger partial charge in [-0.25, -0.2) is 0 Å². The van der Waals surface area contributed by atoms with Crippen molar-refractivity contribution in [3.05, 3.63) is 125 Å². The first-order valence-corrected chi connectivity index (χ1v) is 13.6. The van der Waals surface area contributed by atoms with E-state index in [1.807, 2.05) is 62.4 Å². The van der Waals surface area contributed by atoms with Crippen molar-refractivity contribution in [2.45, 2.75) is 45.0 Å². The van der Waals surface area contributed by atoms with E-state index in [9.17, 15) is 18.8 Å². The molecule has 1 aliphatic heterocycles. The van der Waals surface area contributed by atoms with Crippen molar-refractivity contribution in [3.8, 4) is 6.07 Å². The van der Waals surface area contributed by atoms with Crippen LogP contribution in [-0.4, -0.2) is 27.8 Å². The molecule has 5 nitrogen and oxygen atoms in total. The van der Waals surface area contributed by atoms with E-state index in [1.54, 1.807) is 37.3 Å². The fourth-order valence-corrected chi connectivity index (χ4v) is 4.75. The molecule has 42 heavy (non-hydrogen) atoms. The highest BCUT2D eigenvalue weighted by Gasteiger charge is 2.32. The van der Waals surface area contributed by atoms with E-state index in [4.69, 9.17) is 0 Å². The number of halogens is 2. The number of aromatic amines is 1. The lowest BCUT2D eigenvalue weighted by molar-refractivity contribution is -0.127. The molecule has 7 heteroatoms. The highest BCUT2D eigenvalue weighted by atomic mass is 19.3. The van der Waals surface area contributed by atoms with Crippen LogP contribution in [0.15, 0.2) is 85.7 Å². The quantitative estimate of drug-likeness (QED) is 0.209. The topological polar surface area (TPSA) is 72.8 Å².